The van der Waals surface area contributed by atoms with Gasteiger partial charge in [-0.25, -0.2) is 0 Å². The lowest BCUT2D eigenvalue weighted by atomic mass is 9.92. The molecule has 1 atom stereocenters. The zero-order valence-electron chi connectivity index (χ0n) is 14.6. The van der Waals surface area contributed by atoms with Crippen LogP contribution in [0.4, 0.5) is 0 Å². The minimum absolute atomic E-state index is 0. The van der Waals surface area contributed by atoms with Crippen LogP contribution in [-0.4, -0.2) is 54.3 Å². The van der Waals surface area contributed by atoms with Gasteiger partial charge in [0.1, 0.15) is 0 Å². The normalized spacial score (nSPS) is 18.6. The molecular weight excluding hydrogens is 302 g/mol. The van der Waals surface area contributed by atoms with Crippen LogP contribution in [0.1, 0.15) is 47.0 Å². The van der Waals surface area contributed by atoms with Gasteiger partial charge in [-0.3, -0.25) is 9.59 Å². The maximum atomic E-state index is 12.5. The standard InChI is InChI=1S/C16H31N3O2.ClH/c1-6-13(7-2)19-9-12(8-14(19)20)15(21)18(5)11-16(3,4)10-17;/h12-13H,6-11,17H2,1-5H3;1H. The minimum Gasteiger partial charge on any atom is -0.345 e. The minimum atomic E-state index is -0.198. The first-order valence-corrected chi connectivity index (χ1v) is 8.00. The van der Waals surface area contributed by atoms with E-state index >= 15 is 0 Å². The van der Waals surface area contributed by atoms with Crippen molar-refractivity contribution in [2.75, 3.05) is 26.7 Å². The molecule has 0 radical (unpaired) electrons. The van der Waals surface area contributed by atoms with Crippen molar-refractivity contribution in [1.29, 1.82) is 0 Å². The number of rotatable bonds is 7. The Kier molecular flexibility index (Phi) is 8.40. The van der Waals surface area contributed by atoms with Gasteiger partial charge in [0.25, 0.3) is 0 Å². The summed E-state index contributed by atoms with van der Waals surface area (Å²) in [6.07, 6.45) is 2.24. The molecule has 130 valence electrons. The van der Waals surface area contributed by atoms with E-state index in [0.717, 1.165) is 12.8 Å². The maximum Gasteiger partial charge on any atom is 0.227 e. The number of carbonyl (C=O) groups is 2. The second-order valence-electron chi connectivity index (χ2n) is 6.98. The van der Waals surface area contributed by atoms with Gasteiger partial charge in [-0.2, -0.15) is 0 Å². The van der Waals surface area contributed by atoms with Gasteiger partial charge < -0.3 is 15.5 Å². The summed E-state index contributed by atoms with van der Waals surface area (Å²) in [7, 11) is 1.81. The highest BCUT2D eigenvalue weighted by atomic mass is 35.5. The molecule has 0 aromatic rings. The number of hydrogen-bond donors (Lipinski definition) is 1. The van der Waals surface area contributed by atoms with E-state index < -0.39 is 0 Å². The summed E-state index contributed by atoms with van der Waals surface area (Å²) in [6, 6.07) is 0.265. The Bertz CT molecular complexity index is 384. The van der Waals surface area contributed by atoms with E-state index in [1.165, 1.54) is 0 Å². The summed E-state index contributed by atoms with van der Waals surface area (Å²) in [5.41, 5.74) is 5.63. The van der Waals surface area contributed by atoms with Gasteiger partial charge in [-0.05, 0) is 24.8 Å². The molecule has 22 heavy (non-hydrogen) atoms. The highest BCUT2D eigenvalue weighted by molar-refractivity contribution is 5.89. The number of hydrogen-bond acceptors (Lipinski definition) is 3. The van der Waals surface area contributed by atoms with Crippen LogP contribution in [0.5, 0.6) is 0 Å². The smallest absolute Gasteiger partial charge is 0.227 e. The fraction of sp³-hybridized carbons (Fsp3) is 0.875. The van der Waals surface area contributed by atoms with Crippen molar-refractivity contribution in [2.45, 2.75) is 53.0 Å². The molecule has 2 N–H and O–H groups in total. The molecule has 1 aliphatic heterocycles. The van der Waals surface area contributed by atoms with Gasteiger partial charge in [0.05, 0.1) is 5.92 Å². The number of nitrogens with zero attached hydrogens (tertiary/aromatic N) is 2. The van der Waals surface area contributed by atoms with E-state index in [9.17, 15) is 9.59 Å². The topological polar surface area (TPSA) is 66.6 Å². The van der Waals surface area contributed by atoms with E-state index in [0.29, 0.717) is 26.1 Å². The molecule has 2 amide bonds. The first kappa shape index (κ1) is 21.2. The lowest BCUT2D eigenvalue weighted by molar-refractivity contribution is -0.135. The van der Waals surface area contributed by atoms with Crippen molar-refractivity contribution in [1.82, 2.24) is 9.80 Å². The van der Waals surface area contributed by atoms with Crippen LogP contribution in [0.15, 0.2) is 0 Å². The molecule has 0 aromatic carbocycles. The van der Waals surface area contributed by atoms with E-state index in [-0.39, 0.29) is 41.6 Å². The first-order chi connectivity index (χ1) is 9.75. The highest BCUT2D eigenvalue weighted by Gasteiger charge is 2.38. The largest absolute Gasteiger partial charge is 0.345 e. The van der Waals surface area contributed by atoms with Crippen molar-refractivity contribution in [3.63, 3.8) is 0 Å². The molecule has 0 bridgehead atoms. The molecule has 1 rings (SSSR count). The molecule has 0 spiro atoms. The molecule has 0 aliphatic carbocycles. The number of halogens is 1. The molecule has 6 heteroatoms. The number of nitrogens with two attached hydrogens (primary N) is 1. The summed E-state index contributed by atoms with van der Waals surface area (Å²) in [6.45, 7) is 10.0. The van der Waals surface area contributed by atoms with Crippen LogP contribution in [0.25, 0.3) is 0 Å². The predicted molar refractivity (Wildman–Crippen MR) is 91.9 cm³/mol. The molecule has 0 aromatic heterocycles. The van der Waals surface area contributed by atoms with Crippen LogP contribution >= 0.6 is 12.4 Å². The van der Waals surface area contributed by atoms with Crippen molar-refractivity contribution in [2.24, 2.45) is 17.1 Å². The van der Waals surface area contributed by atoms with Gasteiger partial charge in [0.2, 0.25) is 11.8 Å². The zero-order chi connectivity index (χ0) is 16.2. The molecule has 1 unspecified atom stereocenters. The average Bonchev–Trinajstić information content (AvgIpc) is 2.81. The Morgan fingerprint density at radius 1 is 1.41 bits per heavy atom. The van der Waals surface area contributed by atoms with Gasteiger partial charge in [0.15, 0.2) is 0 Å². The second-order valence-corrected chi connectivity index (χ2v) is 6.98. The Labute approximate surface area is 141 Å². The lowest BCUT2D eigenvalue weighted by Gasteiger charge is -2.31. The SMILES string of the molecule is CCC(CC)N1CC(C(=O)N(C)CC(C)(C)CN)CC1=O.Cl. The predicted octanol–water partition coefficient (Wildman–Crippen LogP) is 1.89. The van der Waals surface area contributed by atoms with E-state index in [4.69, 9.17) is 5.73 Å². The third-order valence-electron chi connectivity index (χ3n) is 4.48. The van der Waals surface area contributed by atoms with Gasteiger partial charge in [-0.15, -0.1) is 12.4 Å². The lowest BCUT2D eigenvalue weighted by Crippen LogP contribution is -2.43. The molecule has 1 heterocycles. The second kappa shape index (κ2) is 8.73. The molecule has 0 saturated carbocycles. The first-order valence-electron chi connectivity index (χ1n) is 8.00. The summed E-state index contributed by atoms with van der Waals surface area (Å²) in [5, 5.41) is 0. The Morgan fingerprint density at radius 2 is 1.95 bits per heavy atom. The fourth-order valence-electron chi connectivity index (χ4n) is 3.08. The third-order valence-corrected chi connectivity index (χ3v) is 4.48. The monoisotopic (exact) mass is 333 g/mol. The average molecular weight is 334 g/mol. The van der Waals surface area contributed by atoms with Crippen LogP contribution < -0.4 is 5.73 Å². The molecule has 1 aliphatic rings. The molecule has 1 saturated heterocycles. The van der Waals surface area contributed by atoms with Gasteiger partial charge >= 0.3 is 0 Å². The Morgan fingerprint density at radius 3 is 2.41 bits per heavy atom. The van der Waals surface area contributed by atoms with Crippen LogP contribution in [-0.2, 0) is 9.59 Å². The molecular formula is C16H32ClN3O2. The Hall–Kier alpha value is -0.810. The van der Waals surface area contributed by atoms with E-state index in [2.05, 4.69) is 13.8 Å². The summed E-state index contributed by atoms with van der Waals surface area (Å²) >= 11 is 0. The number of amides is 2. The van der Waals surface area contributed by atoms with Gasteiger partial charge in [-0.1, -0.05) is 27.7 Å². The zero-order valence-corrected chi connectivity index (χ0v) is 15.4. The molecule has 1 fully saturated rings. The van der Waals surface area contributed by atoms with Crippen LogP contribution in [0, 0.1) is 11.3 Å². The number of likely N-dealkylation sites (tertiary alicyclic amines) is 1. The summed E-state index contributed by atoms with van der Waals surface area (Å²) in [5.74, 6) is -0.0106. The van der Waals surface area contributed by atoms with E-state index in [1.807, 2.05) is 25.8 Å². The van der Waals surface area contributed by atoms with Crippen molar-refractivity contribution < 1.29 is 9.59 Å². The van der Waals surface area contributed by atoms with E-state index in [1.54, 1.807) is 4.90 Å². The maximum absolute atomic E-state index is 12.5. The van der Waals surface area contributed by atoms with Crippen molar-refractivity contribution >= 4 is 24.2 Å². The summed E-state index contributed by atoms with van der Waals surface area (Å²) < 4.78 is 0. The summed E-state index contributed by atoms with van der Waals surface area (Å²) in [4.78, 5) is 28.3. The fourth-order valence-corrected chi connectivity index (χ4v) is 3.08. The van der Waals surface area contributed by atoms with Crippen LogP contribution in [0.2, 0.25) is 0 Å². The quantitative estimate of drug-likeness (QED) is 0.773. The number of carbonyl (C=O) groups excluding carboxylic acids is 2. The van der Waals surface area contributed by atoms with Crippen LogP contribution in [0.3, 0.4) is 0 Å². The Balaban J connectivity index is 0.00000441. The van der Waals surface area contributed by atoms with Gasteiger partial charge in [0, 0.05) is 32.6 Å². The van der Waals surface area contributed by atoms with Crippen molar-refractivity contribution in [3.05, 3.63) is 0 Å². The molecule has 5 nitrogen and oxygen atoms in total. The highest BCUT2D eigenvalue weighted by Crippen LogP contribution is 2.25. The van der Waals surface area contributed by atoms with Crippen molar-refractivity contribution in [3.8, 4) is 0 Å². The third kappa shape index (κ3) is 5.13.